The maximum absolute atomic E-state index is 11.8. The van der Waals surface area contributed by atoms with Crippen LogP contribution in [0.15, 0.2) is 12.4 Å². The van der Waals surface area contributed by atoms with Gasteiger partial charge in [-0.2, -0.15) is 0 Å². The number of aromatic nitrogens is 2. The number of ether oxygens (including phenoxy) is 1. The predicted molar refractivity (Wildman–Crippen MR) is 52.4 cm³/mol. The molecular formula is C10H14N2O2. The SMILES string of the molecule is CCC(C)C(=O)c1nccnc1OC. The number of carbonyl (C=O) groups is 1. The van der Waals surface area contributed by atoms with Crippen molar-refractivity contribution >= 4 is 5.78 Å². The van der Waals surface area contributed by atoms with Crippen molar-refractivity contribution in [3.8, 4) is 5.88 Å². The second kappa shape index (κ2) is 4.69. The van der Waals surface area contributed by atoms with Crippen molar-refractivity contribution in [3.63, 3.8) is 0 Å². The Bertz CT molecular complexity index is 326. The molecule has 1 unspecified atom stereocenters. The summed E-state index contributed by atoms with van der Waals surface area (Å²) in [6.07, 6.45) is 3.79. The third-order valence-corrected chi connectivity index (χ3v) is 2.15. The molecule has 14 heavy (non-hydrogen) atoms. The van der Waals surface area contributed by atoms with Crippen LogP contribution in [0.3, 0.4) is 0 Å². The summed E-state index contributed by atoms with van der Waals surface area (Å²) in [6.45, 7) is 3.84. The molecule has 1 aromatic heterocycles. The van der Waals surface area contributed by atoms with Crippen LogP contribution in [-0.4, -0.2) is 22.9 Å². The van der Waals surface area contributed by atoms with Gasteiger partial charge in [0.05, 0.1) is 7.11 Å². The molecule has 4 heteroatoms. The van der Waals surface area contributed by atoms with Crippen LogP contribution in [-0.2, 0) is 0 Å². The van der Waals surface area contributed by atoms with Crippen LogP contribution in [0.5, 0.6) is 5.88 Å². The van der Waals surface area contributed by atoms with Crippen molar-refractivity contribution in [3.05, 3.63) is 18.1 Å². The molecule has 0 aliphatic carbocycles. The van der Waals surface area contributed by atoms with E-state index in [9.17, 15) is 4.79 Å². The molecule has 4 nitrogen and oxygen atoms in total. The molecule has 0 bridgehead atoms. The first-order chi connectivity index (χ1) is 6.70. The summed E-state index contributed by atoms with van der Waals surface area (Å²) in [5.74, 6) is 0.246. The quantitative estimate of drug-likeness (QED) is 0.685. The first-order valence-electron chi connectivity index (χ1n) is 4.59. The Kier molecular flexibility index (Phi) is 3.56. The minimum Gasteiger partial charge on any atom is -0.479 e. The maximum Gasteiger partial charge on any atom is 0.243 e. The second-order valence-electron chi connectivity index (χ2n) is 3.09. The monoisotopic (exact) mass is 194 g/mol. The highest BCUT2D eigenvalue weighted by Gasteiger charge is 2.19. The van der Waals surface area contributed by atoms with Crippen molar-refractivity contribution in [2.75, 3.05) is 7.11 Å². The van der Waals surface area contributed by atoms with Gasteiger partial charge in [-0.25, -0.2) is 9.97 Å². The van der Waals surface area contributed by atoms with E-state index in [1.807, 2.05) is 13.8 Å². The Balaban J connectivity index is 3.00. The molecule has 76 valence electrons. The highest BCUT2D eigenvalue weighted by atomic mass is 16.5. The maximum atomic E-state index is 11.8. The van der Waals surface area contributed by atoms with Crippen LogP contribution in [0.4, 0.5) is 0 Å². The van der Waals surface area contributed by atoms with Gasteiger partial charge in [0, 0.05) is 18.3 Å². The molecule has 0 spiro atoms. The lowest BCUT2D eigenvalue weighted by Gasteiger charge is -2.08. The Morgan fingerprint density at radius 2 is 2.14 bits per heavy atom. The highest BCUT2D eigenvalue weighted by molar-refractivity contribution is 5.97. The number of carbonyl (C=O) groups excluding carboxylic acids is 1. The van der Waals surface area contributed by atoms with Gasteiger partial charge in [-0.3, -0.25) is 4.79 Å². The van der Waals surface area contributed by atoms with Gasteiger partial charge in [0.25, 0.3) is 0 Å². The van der Waals surface area contributed by atoms with Gasteiger partial charge in [-0.05, 0) is 6.42 Å². The molecule has 0 N–H and O–H groups in total. The van der Waals surface area contributed by atoms with Gasteiger partial charge in [-0.15, -0.1) is 0 Å². The summed E-state index contributed by atoms with van der Waals surface area (Å²) in [5, 5.41) is 0. The van der Waals surface area contributed by atoms with Gasteiger partial charge in [0.15, 0.2) is 11.5 Å². The van der Waals surface area contributed by atoms with E-state index in [0.29, 0.717) is 11.6 Å². The third kappa shape index (κ3) is 2.07. The van der Waals surface area contributed by atoms with Crippen LogP contribution < -0.4 is 4.74 Å². The molecule has 0 aliphatic heterocycles. The number of Topliss-reactive ketones (excluding diaryl/α,β-unsaturated/α-hetero) is 1. The Labute approximate surface area is 83.3 Å². The summed E-state index contributed by atoms with van der Waals surface area (Å²) in [5.41, 5.74) is 0.323. The molecule has 0 radical (unpaired) electrons. The van der Waals surface area contributed by atoms with Crippen LogP contribution >= 0.6 is 0 Å². The lowest BCUT2D eigenvalue weighted by Crippen LogP contribution is -2.14. The van der Waals surface area contributed by atoms with Crippen LogP contribution in [0.1, 0.15) is 30.8 Å². The Hall–Kier alpha value is -1.45. The number of rotatable bonds is 4. The number of ketones is 1. The molecule has 1 rings (SSSR count). The summed E-state index contributed by atoms with van der Waals surface area (Å²) in [4.78, 5) is 19.7. The zero-order valence-corrected chi connectivity index (χ0v) is 8.65. The summed E-state index contributed by atoms with van der Waals surface area (Å²) in [6, 6.07) is 0. The first-order valence-corrected chi connectivity index (χ1v) is 4.59. The van der Waals surface area contributed by atoms with Gasteiger partial charge < -0.3 is 4.74 Å². The number of hydrogen-bond donors (Lipinski definition) is 0. The molecule has 0 saturated heterocycles. The highest BCUT2D eigenvalue weighted by Crippen LogP contribution is 2.16. The zero-order valence-electron chi connectivity index (χ0n) is 8.65. The first kappa shape index (κ1) is 10.6. The predicted octanol–water partition coefficient (Wildman–Crippen LogP) is 1.71. The standard InChI is InChI=1S/C10H14N2O2/c1-4-7(2)9(13)8-10(14-3)12-6-5-11-8/h5-7H,4H2,1-3H3. The molecular weight excluding hydrogens is 180 g/mol. The summed E-state index contributed by atoms with van der Waals surface area (Å²) >= 11 is 0. The third-order valence-electron chi connectivity index (χ3n) is 2.15. The summed E-state index contributed by atoms with van der Waals surface area (Å²) < 4.78 is 4.97. The molecule has 0 fully saturated rings. The fraction of sp³-hybridized carbons (Fsp3) is 0.500. The van der Waals surface area contributed by atoms with E-state index in [1.54, 1.807) is 0 Å². The van der Waals surface area contributed by atoms with Crippen LogP contribution in [0.25, 0.3) is 0 Å². The molecule has 0 amide bonds. The minimum atomic E-state index is -0.0411. The average molecular weight is 194 g/mol. The second-order valence-corrected chi connectivity index (χ2v) is 3.09. The van der Waals surface area contributed by atoms with E-state index in [1.165, 1.54) is 19.5 Å². The lowest BCUT2D eigenvalue weighted by molar-refractivity contribution is 0.0918. The topological polar surface area (TPSA) is 52.1 Å². The van der Waals surface area contributed by atoms with Gasteiger partial charge in [0.1, 0.15) is 0 Å². The van der Waals surface area contributed by atoms with E-state index < -0.39 is 0 Å². The van der Waals surface area contributed by atoms with Gasteiger partial charge >= 0.3 is 0 Å². The molecule has 1 atom stereocenters. The Morgan fingerprint density at radius 1 is 1.50 bits per heavy atom. The number of nitrogens with zero attached hydrogens (tertiary/aromatic N) is 2. The van der Waals surface area contributed by atoms with E-state index in [0.717, 1.165) is 6.42 Å². The van der Waals surface area contributed by atoms with E-state index in [4.69, 9.17) is 4.74 Å². The van der Waals surface area contributed by atoms with E-state index in [-0.39, 0.29) is 11.7 Å². The zero-order chi connectivity index (χ0) is 10.6. The summed E-state index contributed by atoms with van der Waals surface area (Å²) in [7, 11) is 1.48. The lowest BCUT2D eigenvalue weighted by atomic mass is 10.0. The smallest absolute Gasteiger partial charge is 0.243 e. The van der Waals surface area contributed by atoms with Crippen molar-refractivity contribution in [1.29, 1.82) is 0 Å². The van der Waals surface area contributed by atoms with E-state index >= 15 is 0 Å². The van der Waals surface area contributed by atoms with Crippen molar-refractivity contribution in [2.45, 2.75) is 20.3 Å². The molecule has 1 aromatic rings. The molecule has 0 aliphatic rings. The van der Waals surface area contributed by atoms with E-state index in [2.05, 4.69) is 9.97 Å². The van der Waals surface area contributed by atoms with Crippen molar-refractivity contribution < 1.29 is 9.53 Å². The van der Waals surface area contributed by atoms with Crippen LogP contribution in [0.2, 0.25) is 0 Å². The minimum absolute atomic E-state index is 0.0162. The fourth-order valence-corrected chi connectivity index (χ4v) is 1.06. The van der Waals surface area contributed by atoms with Crippen molar-refractivity contribution in [1.82, 2.24) is 9.97 Å². The van der Waals surface area contributed by atoms with Crippen LogP contribution in [0, 0.1) is 5.92 Å². The molecule has 0 aromatic carbocycles. The number of methoxy groups -OCH3 is 1. The van der Waals surface area contributed by atoms with Gasteiger partial charge in [-0.1, -0.05) is 13.8 Å². The fourth-order valence-electron chi connectivity index (χ4n) is 1.06. The number of hydrogen-bond acceptors (Lipinski definition) is 4. The van der Waals surface area contributed by atoms with Gasteiger partial charge in [0.2, 0.25) is 5.88 Å². The van der Waals surface area contributed by atoms with Crippen molar-refractivity contribution in [2.24, 2.45) is 5.92 Å². The molecule has 1 heterocycles. The normalized spacial score (nSPS) is 12.2. The average Bonchev–Trinajstić information content (AvgIpc) is 2.26. The largest absolute Gasteiger partial charge is 0.479 e. The molecule has 0 saturated carbocycles. The Morgan fingerprint density at radius 3 is 2.71 bits per heavy atom.